The molecule has 0 bridgehead atoms. The first-order valence-corrected chi connectivity index (χ1v) is 32.4. The van der Waals surface area contributed by atoms with Crippen molar-refractivity contribution in [1.29, 1.82) is 0 Å². The van der Waals surface area contributed by atoms with Gasteiger partial charge in [-0.1, -0.05) is 255 Å². The summed E-state index contributed by atoms with van der Waals surface area (Å²) in [6.45, 7) is 10.3. The van der Waals surface area contributed by atoms with Crippen molar-refractivity contribution in [2.45, 2.75) is 56.7 Å². The Morgan fingerprint density at radius 1 is 0.309 bits per heavy atom. The number of aryl methyl sites for hydroxylation is 1. The minimum absolute atomic E-state index is 0.405. The lowest BCUT2D eigenvalue weighted by Crippen LogP contribution is -2.41. The van der Waals surface area contributed by atoms with Crippen LogP contribution in [0.25, 0.3) is 99.0 Å². The number of para-hydroxylation sites is 4. The van der Waals surface area contributed by atoms with Crippen LogP contribution in [-0.4, -0.2) is 28.3 Å². The third-order valence-electron chi connectivity index (χ3n) is 20.4. The highest BCUT2D eigenvalue weighted by atomic mass is 16.7. The van der Waals surface area contributed by atoms with E-state index < -0.39 is 29.2 Å². The van der Waals surface area contributed by atoms with Crippen molar-refractivity contribution in [2.24, 2.45) is 0 Å². The first-order chi connectivity index (χ1) is 46.0. The van der Waals surface area contributed by atoms with Crippen LogP contribution >= 0.6 is 0 Å². The Kier molecular flexibility index (Phi) is 13.4. The Hall–Kier alpha value is -11.0. The fourth-order valence-electron chi connectivity index (χ4n) is 15.3. The Labute approximate surface area is 546 Å². The first-order valence-electron chi connectivity index (χ1n) is 32.4. The Morgan fingerprint density at radius 2 is 0.734 bits per heavy atom. The maximum Gasteiger partial charge on any atom is 0.494 e. The topological polar surface area (TPSA) is 70.5 Å². The van der Waals surface area contributed by atoms with Gasteiger partial charge in [0.15, 0.2) is 17.1 Å². The summed E-state index contributed by atoms with van der Waals surface area (Å²) in [5.41, 5.74) is 18.8. The van der Waals surface area contributed by atoms with Crippen LogP contribution in [0.2, 0.25) is 0 Å². The lowest BCUT2D eigenvalue weighted by Gasteiger charge is -2.34. The van der Waals surface area contributed by atoms with E-state index in [1.54, 1.807) is 0 Å². The number of aromatic nitrogens is 2. The van der Waals surface area contributed by atoms with Gasteiger partial charge in [0, 0.05) is 12.5 Å². The van der Waals surface area contributed by atoms with Crippen LogP contribution in [0.5, 0.6) is 0 Å². The maximum absolute atomic E-state index is 6.54. The quantitative estimate of drug-likeness (QED) is 0.122. The zero-order chi connectivity index (χ0) is 63.3. The number of hydrogen-bond donors (Lipinski definition) is 0. The average molecular weight is 1210 g/mol. The molecule has 3 aliphatic rings. The fraction of sp³-hybridized carbons (Fsp3) is 0.103. The normalized spacial score (nSPS) is 17.1. The molecule has 3 heterocycles. The van der Waals surface area contributed by atoms with Crippen molar-refractivity contribution < 1.29 is 18.1 Å². The van der Waals surface area contributed by atoms with Crippen LogP contribution in [0.1, 0.15) is 78.1 Å². The summed E-state index contributed by atoms with van der Waals surface area (Å²) in [5.74, 6) is 1.36. The van der Waals surface area contributed by atoms with Crippen molar-refractivity contribution in [3.63, 3.8) is 0 Å². The van der Waals surface area contributed by atoms with Gasteiger partial charge in [0.1, 0.15) is 11.0 Å². The Bertz CT molecular complexity index is 5550. The lowest BCUT2D eigenvalue weighted by molar-refractivity contribution is 0.00578. The van der Waals surface area contributed by atoms with Gasteiger partial charge in [-0.3, -0.25) is 0 Å². The SMILES string of the molecule is CC1(C)OB(c2ccc3c(c2)C(c2ccccc2)(c2ccc4c(ccc5ccccc54)c2)c2ccccc2-3)OC1(C)C.Cc1nc2ccccc2o1.c1ccc(C2(c3ccc4c(ccc5ccccc54)c3)c3ccccc3-c3ccc(-c4nc5ccccc5o4)cc32)cc1. The van der Waals surface area contributed by atoms with E-state index in [9.17, 15) is 0 Å². The van der Waals surface area contributed by atoms with Crippen LogP contribution in [-0.2, 0) is 20.1 Å². The second-order valence-electron chi connectivity index (χ2n) is 26.1. The fourth-order valence-corrected chi connectivity index (χ4v) is 15.3. The molecular formula is C87H65BN2O4. The van der Waals surface area contributed by atoms with Gasteiger partial charge < -0.3 is 18.1 Å². The van der Waals surface area contributed by atoms with Crippen molar-refractivity contribution >= 4 is 77.9 Å². The molecule has 0 amide bonds. The molecule has 2 aliphatic carbocycles. The molecule has 7 heteroatoms. The lowest BCUT2D eigenvalue weighted by atomic mass is 9.66. The number of oxazole rings is 2. The molecule has 14 aromatic carbocycles. The zero-order valence-electron chi connectivity index (χ0n) is 53.0. The van der Waals surface area contributed by atoms with Gasteiger partial charge in [-0.2, -0.15) is 0 Å². The van der Waals surface area contributed by atoms with Crippen molar-refractivity contribution in [1.82, 2.24) is 9.97 Å². The second-order valence-corrected chi connectivity index (χ2v) is 26.1. The highest BCUT2D eigenvalue weighted by Crippen LogP contribution is 2.59. The molecule has 0 radical (unpaired) electrons. The van der Waals surface area contributed by atoms with E-state index in [1.807, 2.05) is 55.5 Å². The summed E-state index contributed by atoms with van der Waals surface area (Å²) in [5, 5.41) is 10.1. The molecule has 2 atom stereocenters. The molecule has 0 saturated carbocycles. The van der Waals surface area contributed by atoms with E-state index in [-0.39, 0.29) is 0 Å². The van der Waals surface area contributed by atoms with E-state index in [0.717, 1.165) is 39.1 Å². The number of benzene rings is 14. The van der Waals surface area contributed by atoms with Gasteiger partial charge in [-0.05, 0) is 192 Å². The Morgan fingerprint density at radius 3 is 1.28 bits per heavy atom. The molecular weight excluding hydrogens is 1150 g/mol. The summed E-state index contributed by atoms with van der Waals surface area (Å²) in [7, 11) is -0.430. The molecule has 1 aliphatic heterocycles. The molecule has 16 aromatic rings. The zero-order valence-corrected chi connectivity index (χ0v) is 53.0. The number of fused-ring (bicyclic) bond motifs is 14. The molecule has 0 N–H and O–H groups in total. The van der Waals surface area contributed by atoms with Crippen LogP contribution in [0.4, 0.5) is 0 Å². The van der Waals surface area contributed by atoms with Gasteiger partial charge >= 0.3 is 7.12 Å². The summed E-state index contributed by atoms with van der Waals surface area (Å²) in [6.07, 6.45) is 0. The van der Waals surface area contributed by atoms with Gasteiger partial charge in [-0.25, -0.2) is 9.97 Å². The first kappa shape index (κ1) is 57.0. The molecule has 1 fully saturated rings. The summed E-state index contributed by atoms with van der Waals surface area (Å²) in [4.78, 5) is 9.00. The molecule has 2 unspecified atom stereocenters. The Balaban J connectivity index is 0.000000124. The van der Waals surface area contributed by atoms with E-state index in [0.29, 0.717) is 5.89 Å². The number of nitrogens with zero attached hydrogens (tertiary/aromatic N) is 2. The molecule has 1 saturated heterocycles. The second kappa shape index (κ2) is 22.1. The minimum Gasteiger partial charge on any atom is -0.441 e. The minimum atomic E-state index is -0.505. The van der Waals surface area contributed by atoms with Crippen LogP contribution in [0.3, 0.4) is 0 Å². The molecule has 2 aromatic heterocycles. The largest absolute Gasteiger partial charge is 0.494 e. The molecule has 450 valence electrons. The molecule has 0 spiro atoms. The molecule has 19 rings (SSSR count). The highest BCUT2D eigenvalue weighted by molar-refractivity contribution is 6.62. The third kappa shape index (κ3) is 9.01. The highest BCUT2D eigenvalue weighted by Gasteiger charge is 2.53. The van der Waals surface area contributed by atoms with E-state index in [1.165, 1.54) is 110 Å². The standard InChI is InChI=1S/C40H25NO.C39H33BO2.C8H7NO/c1-2-11-29(12-3-1)40(30-21-23-32-27(24-30)19-18-26-10-4-5-13-31(26)32)35-15-7-6-14-33(35)34-22-20-28(25-36(34)40)39-41-37-16-8-9-17-38(37)42-39;1-37(2)38(3,4)42-40(41-37)30-21-23-34-33-16-10-11-17-35(33)39(36(34)25-30,28-13-6-5-7-14-28)29-20-22-32-27(24-29)19-18-26-12-8-9-15-31(26)32;1-6-9-7-4-2-3-5-8(7)10-6/h1-25H;5-25H,1-4H3;2-5H,1H3. The van der Waals surface area contributed by atoms with E-state index in [2.05, 4.69) is 287 Å². The molecule has 94 heavy (non-hydrogen) atoms. The van der Waals surface area contributed by atoms with Gasteiger partial charge in [0.2, 0.25) is 5.89 Å². The average Bonchev–Trinajstić information content (AvgIpc) is 1.51. The smallest absolute Gasteiger partial charge is 0.441 e. The van der Waals surface area contributed by atoms with Gasteiger partial charge in [0.05, 0.1) is 22.0 Å². The van der Waals surface area contributed by atoms with Gasteiger partial charge in [-0.15, -0.1) is 0 Å². The van der Waals surface area contributed by atoms with E-state index >= 15 is 0 Å². The predicted octanol–water partition coefficient (Wildman–Crippen LogP) is 21.0. The van der Waals surface area contributed by atoms with E-state index in [4.69, 9.17) is 23.1 Å². The van der Waals surface area contributed by atoms with Crippen LogP contribution < -0.4 is 5.46 Å². The van der Waals surface area contributed by atoms with Crippen LogP contribution in [0.15, 0.2) is 312 Å². The maximum atomic E-state index is 6.54. The summed E-state index contributed by atoms with van der Waals surface area (Å²) >= 11 is 0. The monoisotopic (exact) mass is 1210 g/mol. The predicted molar refractivity (Wildman–Crippen MR) is 385 cm³/mol. The van der Waals surface area contributed by atoms with Crippen molar-refractivity contribution in [2.75, 3.05) is 0 Å². The number of rotatable bonds is 6. The number of hydrogen-bond acceptors (Lipinski definition) is 6. The summed E-state index contributed by atoms with van der Waals surface area (Å²) in [6, 6.07) is 109. The summed E-state index contributed by atoms with van der Waals surface area (Å²) < 4.78 is 24.6. The van der Waals surface area contributed by atoms with Crippen LogP contribution in [0, 0.1) is 6.92 Å². The van der Waals surface area contributed by atoms with Crippen molar-refractivity contribution in [3.05, 3.63) is 354 Å². The van der Waals surface area contributed by atoms with Crippen molar-refractivity contribution in [3.8, 4) is 33.7 Å². The molecule has 6 nitrogen and oxygen atoms in total. The van der Waals surface area contributed by atoms with Gasteiger partial charge in [0.25, 0.3) is 0 Å². The third-order valence-corrected chi connectivity index (χ3v) is 20.4.